The van der Waals surface area contributed by atoms with Gasteiger partial charge in [0.15, 0.2) is 0 Å². The van der Waals surface area contributed by atoms with E-state index in [1.54, 1.807) is 6.92 Å². The van der Waals surface area contributed by atoms with Gasteiger partial charge in [0.05, 0.1) is 6.61 Å². The van der Waals surface area contributed by atoms with Crippen molar-refractivity contribution in [3.63, 3.8) is 0 Å². The van der Waals surface area contributed by atoms with E-state index < -0.39 is 0 Å². The number of carbonyl (C=O) groups excluding carboxylic acids is 1. The quantitative estimate of drug-likeness (QED) is 0.340. The first-order valence-electron chi connectivity index (χ1n) is 8.33. The summed E-state index contributed by atoms with van der Waals surface area (Å²) in [6.07, 6.45) is 1.58. The first-order valence-corrected chi connectivity index (χ1v) is 8.33. The van der Waals surface area contributed by atoms with Crippen molar-refractivity contribution < 1.29 is 26.6 Å². The van der Waals surface area contributed by atoms with Crippen molar-refractivity contribution in [2.45, 2.75) is 33.3 Å². The fourth-order valence-corrected chi connectivity index (χ4v) is 1.81. The van der Waals surface area contributed by atoms with Gasteiger partial charge >= 0.3 is 23.0 Å². The zero-order valence-electron chi connectivity index (χ0n) is 14.9. The summed E-state index contributed by atoms with van der Waals surface area (Å²) in [5.74, 6) is -0.147. The molecule has 0 amide bonds. The number of benzene rings is 1. The molecule has 0 radical (unpaired) electrons. The van der Waals surface area contributed by atoms with Crippen LogP contribution in [0.3, 0.4) is 0 Å². The summed E-state index contributed by atoms with van der Waals surface area (Å²) in [6, 6.07) is 28.2. The van der Waals surface area contributed by atoms with E-state index in [0.29, 0.717) is 13.0 Å². The van der Waals surface area contributed by atoms with Gasteiger partial charge in [-0.1, -0.05) is 44.2 Å². The van der Waals surface area contributed by atoms with Gasteiger partial charge in [-0.15, -0.1) is 5.56 Å². The second-order valence-electron chi connectivity index (χ2n) is 5.11. The number of hydrogen-bond donors (Lipinski definition) is 0. The minimum Gasteiger partial charge on any atom is -0.463 e. The molecule has 134 valence electrons. The first-order chi connectivity index (χ1) is 11.8. The third-order valence-corrected chi connectivity index (χ3v) is 3.23. The molecule has 0 heterocycles. The van der Waals surface area contributed by atoms with E-state index in [2.05, 4.69) is 31.2 Å². The van der Waals surface area contributed by atoms with Gasteiger partial charge in [0, 0.05) is 6.42 Å². The minimum absolute atomic E-state index is 0. The Morgan fingerprint density at radius 2 is 1.60 bits per heavy atom. The molecular weight excluding hydrogens is 352 g/mol. The Hall–Kier alpha value is -2.09. The molecule has 3 heteroatoms. The standard InChI is InChI=1S/C9H11O2.C8H10.C5H5.Fe/c1-2-9(10)11-7-8-5-3-4-6-8;1-2-8-6-4-3-5-7-8;1-2-4-5-3-1;/h3-6H,2,7H2,1H3;3-7H,2H2,1H3;1-5H;/q-1;;-1;+2. The molecule has 25 heavy (non-hydrogen) atoms. The van der Waals surface area contributed by atoms with Gasteiger partial charge < -0.3 is 4.74 Å². The summed E-state index contributed by atoms with van der Waals surface area (Å²) < 4.78 is 4.90. The zero-order valence-corrected chi connectivity index (χ0v) is 16.0. The predicted octanol–water partition coefficient (Wildman–Crippen LogP) is 5.51. The third kappa shape index (κ3) is 12.0. The molecule has 0 aliphatic carbocycles. The van der Waals surface area contributed by atoms with Crippen LogP contribution in [0.25, 0.3) is 0 Å². The van der Waals surface area contributed by atoms with Crippen LogP contribution in [0.2, 0.25) is 0 Å². The molecule has 0 aliphatic rings. The van der Waals surface area contributed by atoms with Crippen molar-refractivity contribution in [3.05, 3.63) is 96.1 Å². The molecule has 0 aromatic heterocycles. The van der Waals surface area contributed by atoms with Crippen LogP contribution in [-0.4, -0.2) is 5.97 Å². The van der Waals surface area contributed by atoms with Crippen LogP contribution in [0, 0.1) is 0 Å². The molecule has 0 saturated carbocycles. The number of ether oxygens (including phenoxy) is 1. The maximum atomic E-state index is 10.7. The molecule has 0 bridgehead atoms. The Bertz CT molecular complexity index is 596. The fraction of sp³-hybridized carbons (Fsp3) is 0.227. The molecule has 0 atom stereocenters. The summed E-state index contributed by atoms with van der Waals surface area (Å²) in [5.41, 5.74) is 2.46. The van der Waals surface area contributed by atoms with Crippen LogP contribution in [0.5, 0.6) is 0 Å². The molecule has 3 aromatic carbocycles. The summed E-state index contributed by atoms with van der Waals surface area (Å²) in [7, 11) is 0. The second kappa shape index (κ2) is 15.4. The van der Waals surface area contributed by atoms with Crippen molar-refractivity contribution in [1.29, 1.82) is 0 Å². The molecule has 0 spiro atoms. The number of aryl methyl sites for hydroxylation is 1. The van der Waals surface area contributed by atoms with Crippen molar-refractivity contribution in [2.75, 3.05) is 0 Å². The van der Waals surface area contributed by atoms with E-state index in [1.165, 1.54) is 5.56 Å². The topological polar surface area (TPSA) is 26.3 Å². The Kier molecular flexibility index (Phi) is 14.1. The van der Waals surface area contributed by atoms with E-state index >= 15 is 0 Å². The smallest absolute Gasteiger partial charge is 0.463 e. The summed E-state index contributed by atoms with van der Waals surface area (Å²) in [5, 5.41) is 0. The van der Waals surface area contributed by atoms with Crippen LogP contribution in [0.15, 0.2) is 84.9 Å². The van der Waals surface area contributed by atoms with Crippen LogP contribution in [-0.2, 0) is 39.6 Å². The Morgan fingerprint density at radius 3 is 2.00 bits per heavy atom. The van der Waals surface area contributed by atoms with E-state index in [9.17, 15) is 4.79 Å². The monoisotopic (exact) mass is 378 g/mol. The Morgan fingerprint density at radius 1 is 0.920 bits per heavy atom. The molecule has 2 nitrogen and oxygen atoms in total. The summed E-state index contributed by atoms with van der Waals surface area (Å²) in [6.45, 7) is 4.35. The number of carbonyl (C=O) groups is 1. The van der Waals surface area contributed by atoms with Gasteiger partial charge in [0.2, 0.25) is 0 Å². The SMILES string of the molecule is CCC(=O)OCc1ccc[cH-]1.CCc1ccccc1.[Fe+2].c1cc[cH-]c1. The Labute approximate surface area is 162 Å². The van der Waals surface area contributed by atoms with Gasteiger partial charge in [-0.25, -0.2) is 24.3 Å². The third-order valence-electron chi connectivity index (χ3n) is 3.23. The van der Waals surface area contributed by atoms with Crippen LogP contribution < -0.4 is 0 Å². The minimum atomic E-state index is -0.147. The average Bonchev–Trinajstić information content (AvgIpc) is 3.37. The second-order valence-corrected chi connectivity index (χ2v) is 5.11. The molecular formula is C22H26FeO2. The largest absolute Gasteiger partial charge is 2.00 e. The van der Waals surface area contributed by atoms with Crippen molar-refractivity contribution >= 4 is 5.97 Å². The molecule has 0 saturated heterocycles. The van der Waals surface area contributed by atoms with E-state index in [4.69, 9.17) is 4.74 Å². The summed E-state index contributed by atoms with van der Waals surface area (Å²) >= 11 is 0. The maximum Gasteiger partial charge on any atom is 2.00 e. The molecule has 0 unspecified atom stereocenters. The molecule has 0 aliphatic heterocycles. The fourth-order valence-electron chi connectivity index (χ4n) is 1.81. The maximum absolute atomic E-state index is 10.7. The van der Waals surface area contributed by atoms with Crippen molar-refractivity contribution in [2.24, 2.45) is 0 Å². The first kappa shape index (κ1) is 22.9. The zero-order chi connectivity index (χ0) is 17.5. The Balaban J connectivity index is 0.000000362. The van der Waals surface area contributed by atoms with Crippen LogP contribution >= 0.6 is 0 Å². The van der Waals surface area contributed by atoms with Crippen molar-refractivity contribution in [1.82, 2.24) is 0 Å². The van der Waals surface area contributed by atoms with Gasteiger partial charge in [-0.05, 0) is 12.0 Å². The van der Waals surface area contributed by atoms with E-state index in [-0.39, 0.29) is 23.0 Å². The molecule has 3 rings (SSSR count). The van der Waals surface area contributed by atoms with Crippen molar-refractivity contribution in [3.8, 4) is 0 Å². The van der Waals surface area contributed by atoms with Gasteiger partial charge in [-0.2, -0.15) is 30.3 Å². The van der Waals surface area contributed by atoms with Crippen LogP contribution in [0.1, 0.15) is 31.4 Å². The predicted molar refractivity (Wildman–Crippen MR) is 100.0 cm³/mol. The molecule has 3 aromatic rings. The number of rotatable bonds is 4. The normalized spacial score (nSPS) is 8.72. The van der Waals surface area contributed by atoms with Crippen LogP contribution in [0.4, 0.5) is 0 Å². The molecule has 0 N–H and O–H groups in total. The van der Waals surface area contributed by atoms with Gasteiger partial charge in [0.25, 0.3) is 0 Å². The summed E-state index contributed by atoms with van der Waals surface area (Å²) in [4.78, 5) is 10.7. The van der Waals surface area contributed by atoms with E-state index in [1.807, 2.05) is 60.7 Å². The van der Waals surface area contributed by atoms with E-state index in [0.717, 1.165) is 12.0 Å². The van der Waals surface area contributed by atoms with Gasteiger partial charge in [0.1, 0.15) is 0 Å². The average molecular weight is 378 g/mol. The van der Waals surface area contributed by atoms with Gasteiger partial charge in [-0.3, -0.25) is 4.79 Å². The molecule has 0 fully saturated rings. The number of hydrogen-bond acceptors (Lipinski definition) is 2. The number of esters is 1.